The third kappa shape index (κ3) is 2.88. The summed E-state index contributed by atoms with van der Waals surface area (Å²) in [6.45, 7) is 2.18. The zero-order valence-corrected chi connectivity index (χ0v) is 10.7. The molecule has 1 saturated heterocycles. The third-order valence-corrected chi connectivity index (χ3v) is 4.50. The first-order chi connectivity index (χ1) is 8.63. The highest BCUT2D eigenvalue weighted by molar-refractivity contribution is 7.89. The molecule has 2 rings (SSSR count). The standard InChI is InChI=1S/C12H15N3O2S/c13-7-11-3-1-2-4-12(11)18(16,17)15-9-10-5-6-14-8-10/h1-4,10,14-15H,5-6,8-9H2. The Balaban J connectivity index is 2.12. The van der Waals surface area contributed by atoms with Crippen LogP contribution in [0.1, 0.15) is 12.0 Å². The van der Waals surface area contributed by atoms with Gasteiger partial charge in [0.05, 0.1) is 10.5 Å². The van der Waals surface area contributed by atoms with Crippen molar-refractivity contribution >= 4 is 10.0 Å². The first kappa shape index (κ1) is 13.0. The minimum atomic E-state index is -3.59. The summed E-state index contributed by atoms with van der Waals surface area (Å²) in [6.07, 6.45) is 0.975. The molecule has 0 bridgehead atoms. The second-order valence-electron chi connectivity index (χ2n) is 4.32. The molecule has 96 valence electrons. The number of rotatable bonds is 4. The lowest BCUT2D eigenvalue weighted by Crippen LogP contribution is -2.30. The summed E-state index contributed by atoms with van der Waals surface area (Å²) in [5, 5.41) is 12.1. The molecule has 1 fully saturated rings. The van der Waals surface area contributed by atoms with E-state index >= 15 is 0 Å². The van der Waals surface area contributed by atoms with Crippen LogP contribution < -0.4 is 10.0 Å². The molecule has 6 heteroatoms. The smallest absolute Gasteiger partial charge is 0.241 e. The van der Waals surface area contributed by atoms with Crippen molar-refractivity contribution in [3.8, 4) is 6.07 Å². The monoisotopic (exact) mass is 265 g/mol. The lowest BCUT2D eigenvalue weighted by molar-refractivity contribution is 0.538. The van der Waals surface area contributed by atoms with E-state index in [2.05, 4.69) is 10.0 Å². The molecule has 0 radical (unpaired) electrons. The van der Waals surface area contributed by atoms with E-state index < -0.39 is 10.0 Å². The van der Waals surface area contributed by atoms with Gasteiger partial charge < -0.3 is 5.32 Å². The summed E-state index contributed by atoms with van der Waals surface area (Å²) in [5.74, 6) is 0.328. The molecule has 1 heterocycles. The molecule has 0 aliphatic carbocycles. The van der Waals surface area contributed by atoms with Crippen LogP contribution in [0.25, 0.3) is 0 Å². The van der Waals surface area contributed by atoms with E-state index in [4.69, 9.17) is 5.26 Å². The van der Waals surface area contributed by atoms with Crippen LogP contribution in [-0.2, 0) is 10.0 Å². The first-order valence-electron chi connectivity index (χ1n) is 5.83. The molecule has 5 nitrogen and oxygen atoms in total. The highest BCUT2D eigenvalue weighted by Gasteiger charge is 2.21. The van der Waals surface area contributed by atoms with Crippen molar-refractivity contribution in [2.75, 3.05) is 19.6 Å². The fourth-order valence-electron chi connectivity index (χ4n) is 1.99. The lowest BCUT2D eigenvalue weighted by Gasteiger charge is -2.11. The van der Waals surface area contributed by atoms with Gasteiger partial charge in [-0.05, 0) is 37.6 Å². The highest BCUT2D eigenvalue weighted by atomic mass is 32.2. The number of nitriles is 1. The number of nitrogens with zero attached hydrogens (tertiary/aromatic N) is 1. The Labute approximate surface area is 107 Å². The van der Waals surface area contributed by atoms with Gasteiger partial charge in [-0.15, -0.1) is 0 Å². The SMILES string of the molecule is N#Cc1ccccc1S(=O)(=O)NCC1CCNC1. The van der Waals surface area contributed by atoms with Gasteiger partial charge in [0.2, 0.25) is 10.0 Å². The van der Waals surface area contributed by atoms with Gasteiger partial charge in [-0.2, -0.15) is 5.26 Å². The van der Waals surface area contributed by atoms with Crippen molar-refractivity contribution < 1.29 is 8.42 Å². The van der Waals surface area contributed by atoms with Gasteiger partial charge in [-0.1, -0.05) is 12.1 Å². The summed E-state index contributed by atoms with van der Waals surface area (Å²) in [5.41, 5.74) is 0.176. The van der Waals surface area contributed by atoms with Crippen LogP contribution in [0, 0.1) is 17.2 Å². The summed E-state index contributed by atoms with van der Waals surface area (Å²) >= 11 is 0. The fourth-order valence-corrected chi connectivity index (χ4v) is 3.26. The molecule has 0 saturated carbocycles. The molecule has 18 heavy (non-hydrogen) atoms. The number of benzene rings is 1. The molecule has 0 amide bonds. The molecule has 0 spiro atoms. The molecule has 1 aliphatic heterocycles. The van der Waals surface area contributed by atoms with E-state index in [1.165, 1.54) is 12.1 Å². The van der Waals surface area contributed by atoms with E-state index in [0.29, 0.717) is 12.5 Å². The van der Waals surface area contributed by atoms with E-state index in [1.54, 1.807) is 12.1 Å². The lowest BCUT2D eigenvalue weighted by atomic mass is 10.1. The van der Waals surface area contributed by atoms with Crippen molar-refractivity contribution in [2.45, 2.75) is 11.3 Å². The molecule has 2 N–H and O–H groups in total. The molecule has 1 atom stereocenters. The van der Waals surface area contributed by atoms with Gasteiger partial charge in [0, 0.05) is 6.54 Å². The topological polar surface area (TPSA) is 82.0 Å². The summed E-state index contributed by atoms with van der Waals surface area (Å²) in [6, 6.07) is 8.12. The molecule has 1 aromatic rings. The van der Waals surface area contributed by atoms with Crippen LogP contribution in [0.5, 0.6) is 0 Å². The average molecular weight is 265 g/mol. The van der Waals surface area contributed by atoms with Gasteiger partial charge in [-0.3, -0.25) is 0 Å². The Morgan fingerprint density at radius 2 is 2.22 bits per heavy atom. The van der Waals surface area contributed by atoms with Crippen LogP contribution in [0.3, 0.4) is 0 Å². The minimum Gasteiger partial charge on any atom is -0.316 e. The second-order valence-corrected chi connectivity index (χ2v) is 6.05. The maximum absolute atomic E-state index is 12.1. The van der Waals surface area contributed by atoms with Gasteiger partial charge in [0.1, 0.15) is 6.07 Å². The fraction of sp³-hybridized carbons (Fsp3) is 0.417. The van der Waals surface area contributed by atoms with Gasteiger partial charge >= 0.3 is 0 Å². The predicted molar refractivity (Wildman–Crippen MR) is 67.3 cm³/mol. The molecule has 1 unspecified atom stereocenters. The second kappa shape index (κ2) is 5.48. The first-order valence-corrected chi connectivity index (χ1v) is 7.31. The van der Waals surface area contributed by atoms with Crippen molar-refractivity contribution in [3.05, 3.63) is 29.8 Å². The number of nitrogens with one attached hydrogen (secondary N) is 2. The molecular weight excluding hydrogens is 250 g/mol. The summed E-state index contributed by atoms with van der Waals surface area (Å²) in [7, 11) is -3.59. The van der Waals surface area contributed by atoms with E-state index in [-0.39, 0.29) is 10.5 Å². The highest BCUT2D eigenvalue weighted by Crippen LogP contribution is 2.15. The van der Waals surface area contributed by atoms with Gasteiger partial charge in [-0.25, -0.2) is 13.1 Å². The van der Waals surface area contributed by atoms with Crippen molar-refractivity contribution in [1.82, 2.24) is 10.0 Å². The molecule has 1 aliphatic rings. The van der Waals surface area contributed by atoms with E-state index in [9.17, 15) is 8.42 Å². The maximum Gasteiger partial charge on any atom is 0.241 e. The van der Waals surface area contributed by atoms with Crippen LogP contribution in [0.15, 0.2) is 29.2 Å². The Hall–Kier alpha value is -1.42. The Kier molecular flexibility index (Phi) is 3.97. The van der Waals surface area contributed by atoms with Crippen LogP contribution in [0.2, 0.25) is 0 Å². The predicted octanol–water partition coefficient (Wildman–Crippen LogP) is 0.446. The van der Waals surface area contributed by atoms with Crippen LogP contribution >= 0.6 is 0 Å². The van der Waals surface area contributed by atoms with Crippen molar-refractivity contribution in [2.24, 2.45) is 5.92 Å². The molecule has 0 aromatic heterocycles. The Morgan fingerprint density at radius 1 is 1.44 bits per heavy atom. The normalized spacial score (nSPS) is 19.6. The van der Waals surface area contributed by atoms with Crippen LogP contribution in [0.4, 0.5) is 0 Å². The van der Waals surface area contributed by atoms with E-state index in [1.807, 2.05) is 6.07 Å². The summed E-state index contributed by atoms with van der Waals surface area (Å²) < 4.78 is 26.7. The largest absolute Gasteiger partial charge is 0.316 e. The zero-order chi connectivity index (χ0) is 13.0. The van der Waals surface area contributed by atoms with Gasteiger partial charge in [0.15, 0.2) is 0 Å². The Bertz CT molecular complexity index is 557. The number of hydrogen-bond acceptors (Lipinski definition) is 4. The summed E-state index contributed by atoms with van der Waals surface area (Å²) in [4.78, 5) is 0.0541. The molecular formula is C12H15N3O2S. The van der Waals surface area contributed by atoms with Crippen LogP contribution in [-0.4, -0.2) is 28.1 Å². The van der Waals surface area contributed by atoms with Crippen molar-refractivity contribution in [1.29, 1.82) is 5.26 Å². The quantitative estimate of drug-likeness (QED) is 0.828. The maximum atomic E-state index is 12.1. The Morgan fingerprint density at radius 3 is 2.89 bits per heavy atom. The number of hydrogen-bond donors (Lipinski definition) is 2. The minimum absolute atomic E-state index is 0.0541. The zero-order valence-electron chi connectivity index (χ0n) is 9.89. The third-order valence-electron chi connectivity index (χ3n) is 3.02. The van der Waals surface area contributed by atoms with Crippen molar-refractivity contribution in [3.63, 3.8) is 0 Å². The number of sulfonamides is 1. The van der Waals surface area contributed by atoms with E-state index in [0.717, 1.165) is 19.5 Å². The molecule has 1 aromatic carbocycles. The van der Waals surface area contributed by atoms with Gasteiger partial charge in [0.25, 0.3) is 0 Å². The average Bonchev–Trinajstić information content (AvgIpc) is 2.89.